The number of hydrogen-bond donors (Lipinski definition) is 0. The fourth-order valence-electron chi connectivity index (χ4n) is 9.66. The molecule has 0 saturated carbocycles. The minimum Gasteiger partial charge on any atom is -0.458 e. The number of nitrogens with zero attached hydrogens (tertiary/aromatic N) is 4. The van der Waals surface area contributed by atoms with Crippen LogP contribution < -0.4 is 9.30 Å². The maximum atomic E-state index is 6.89. The van der Waals surface area contributed by atoms with Crippen LogP contribution in [0.25, 0.3) is 50.1 Å². The summed E-state index contributed by atoms with van der Waals surface area (Å²) in [6.45, 7) is 22.9. The molecule has 69 heavy (non-hydrogen) atoms. The number of rotatable bonds is 10. The molecule has 5 nitrogen and oxygen atoms in total. The third-order valence-corrected chi connectivity index (χ3v) is 14.1. The van der Waals surface area contributed by atoms with E-state index < -0.39 is 0 Å². The van der Waals surface area contributed by atoms with Crippen LogP contribution in [-0.2, 0) is 21.7 Å². The van der Waals surface area contributed by atoms with E-state index in [0.717, 1.165) is 56.2 Å². The maximum absolute atomic E-state index is 6.89. The van der Waals surface area contributed by atoms with Gasteiger partial charge in [0, 0.05) is 40.1 Å². The average molecular weight is 903 g/mol. The largest absolute Gasteiger partial charge is 0.458 e. The molecule has 0 aliphatic rings. The molecule has 7 aromatic carbocycles. The van der Waals surface area contributed by atoms with E-state index in [4.69, 9.17) is 9.72 Å². The second-order valence-corrected chi connectivity index (χ2v) is 21.7. The van der Waals surface area contributed by atoms with Crippen LogP contribution in [0.15, 0.2) is 194 Å². The Kier molecular flexibility index (Phi) is 11.3. The van der Waals surface area contributed by atoms with Gasteiger partial charge in [-0.15, -0.1) is 0 Å². The molecule has 10 aromatic rings. The van der Waals surface area contributed by atoms with E-state index in [9.17, 15) is 0 Å². The molecule has 10 rings (SSSR count). The second kappa shape index (κ2) is 17.2. The topological polar surface area (TPSA) is 35.9 Å². The van der Waals surface area contributed by atoms with Crippen LogP contribution in [0.4, 0.5) is 0 Å². The average Bonchev–Trinajstić information content (AvgIpc) is 3.95. The second-order valence-electron chi connectivity index (χ2n) is 21.7. The molecule has 0 amide bonds. The third-order valence-electron chi connectivity index (χ3n) is 14.1. The van der Waals surface area contributed by atoms with Gasteiger partial charge in [-0.3, -0.25) is 13.7 Å². The molecule has 0 unspecified atom stereocenters. The van der Waals surface area contributed by atoms with Crippen molar-refractivity contribution < 1.29 is 9.30 Å². The standard InChI is InChI=1S/C64H62N4O/c1-61(2,3)48-33-34-65-60(39-48)68-57-32-29-45(44-21-14-11-15-22-44)35-56(57)55-31-30-54(41-58(55)68)69-53-28-20-27-51(40-53)67-43-66(42-59(67)64(9,10)47-25-18-13-19-26-47)52-37-49(62(4,5)6)36-50(38-52)63(7,8)46-23-16-12-17-24-46/h11-42H,1-10H3. The number of ether oxygens (including phenoxy) is 1. The number of fused-ring (bicyclic) bond motifs is 3. The molecule has 3 aromatic heterocycles. The van der Waals surface area contributed by atoms with Crippen molar-refractivity contribution in [1.29, 1.82) is 0 Å². The Morgan fingerprint density at radius 2 is 1.10 bits per heavy atom. The summed E-state index contributed by atoms with van der Waals surface area (Å²) in [6, 6.07) is 65.1. The molecular weight excluding hydrogens is 841 g/mol. The molecule has 0 spiro atoms. The van der Waals surface area contributed by atoms with Crippen LogP contribution in [0.5, 0.6) is 11.5 Å². The predicted octanol–water partition coefficient (Wildman–Crippen LogP) is 15.8. The van der Waals surface area contributed by atoms with E-state index in [2.05, 4.69) is 271 Å². The first-order valence-electron chi connectivity index (χ1n) is 24.2. The quantitative estimate of drug-likeness (QED) is 0.101. The number of imidazole rings is 1. The van der Waals surface area contributed by atoms with Gasteiger partial charge in [0.25, 0.3) is 6.33 Å². The minimum atomic E-state index is -0.384. The van der Waals surface area contributed by atoms with Gasteiger partial charge in [0.05, 0.1) is 28.1 Å². The van der Waals surface area contributed by atoms with Gasteiger partial charge in [-0.1, -0.05) is 178 Å². The van der Waals surface area contributed by atoms with Crippen molar-refractivity contribution in [3.05, 3.63) is 234 Å². The van der Waals surface area contributed by atoms with E-state index in [1.165, 1.54) is 38.9 Å². The van der Waals surface area contributed by atoms with E-state index in [1.54, 1.807) is 0 Å². The maximum Gasteiger partial charge on any atom is 0.269 e. The fraction of sp³-hybridized carbons (Fsp3) is 0.219. The van der Waals surface area contributed by atoms with Crippen LogP contribution in [-0.4, -0.2) is 14.1 Å². The van der Waals surface area contributed by atoms with Crippen molar-refractivity contribution in [2.75, 3.05) is 0 Å². The van der Waals surface area contributed by atoms with E-state index in [1.807, 2.05) is 12.3 Å². The van der Waals surface area contributed by atoms with Crippen molar-refractivity contribution in [2.45, 2.75) is 90.9 Å². The van der Waals surface area contributed by atoms with E-state index in [0.29, 0.717) is 0 Å². The van der Waals surface area contributed by atoms with Crippen LogP contribution in [0.1, 0.15) is 103 Å². The molecule has 344 valence electrons. The van der Waals surface area contributed by atoms with Gasteiger partial charge in [-0.05, 0) is 117 Å². The Balaban J connectivity index is 1.09. The summed E-state index contributed by atoms with van der Waals surface area (Å²) >= 11 is 0. The Bertz CT molecular complexity index is 3470. The zero-order valence-electron chi connectivity index (χ0n) is 41.7. The van der Waals surface area contributed by atoms with Crippen LogP contribution in [0, 0.1) is 6.33 Å². The summed E-state index contributed by atoms with van der Waals surface area (Å²) in [6.07, 6.45) is 8.04. The Morgan fingerprint density at radius 3 is 1.78 bits per heavy atom. The highest BCUT2D eigenvalue weighted by Crippen LogP contribution is 2.40. The van der Waals surface area contributed by atoms with Crippen molar-refractivity contribution in [3.8, 4) is 39.8 Å². The predicted molar refractivity (Wildman–Crippen MR) is 285 cm³/mol. The summed E-state index contributed by atoms with van der Waals surface area (Å²) in [5.74, 6) is 2.35. The summed E-state index contributed by atoms with van der Waals surface area (Å²) in [4.78, 5) is 4.97. The third kappa shape index (κ3) is 8.67. The number of pyridine rings is 1. The van der Waals surface area contributed by atoms with Crippen molar-refractivity contribution >= 4 is 21.8 Å². The van der Waals surface area contributed by atoms with Crippen LogP contribution in [0.2, 0.25) is 0 Å². The van der Waals surface area contributed by atoms with Crippen molar-refractivity contribution in [3.63, 3.8) is 0 Å². The highest BCUT2D eigenvalue weighted by atomic mass is 16.5. The van der Waals surface area contributed by atoms with Gasteiger partial charge in [0.1, 0.15) is 17.3 Å². The van der Waals surface area contributed by atoms with Crippen molar-refractivity contribution in [2.24, 2.45) is 0 Å². The molecular formula is C64H62N4O. The highest BCUT2D eigenvalue weighted by molar-refractivity contribution is 6.10. The number of aromatic nitrogens is 4. The van der Waals surface area contributed by atoms with Gasteiger partial charge in [-0.25, -0.2) is 4.98 Å². The van der Waals surface area contributed by atoms with E-state index in [-0.39, 0.29) is 21.7 Å². The molecule has 5 heteroatoms. The molecule has 0 aliphatic carbocycles. The smallest absolute Gasteiger partial charge is 0.269 e. The molecule has 0 atom stereocenters. The molecule has 0 N–H and O–H groups in total. The monoisotopic (exact) mass is 902 g/mol. The summed E-state index contributed by atoms with van der Waals surface area (Å²) in [5, 5.41) is 2.30. The SMILES string of the molecule is CC(C)(C)c1cc(-[n+]2[c-]n(-c3cccc(Oc4ccc5c6cc(-c7ccccc7)ccc6n(-c6cc(C(C)(C)C)ccn6)c5c4)c3)c(C(C)(C)c3ccccc3)c2)cc(C(C)(C)c2ccccc2)c1. The molecule has 0 radical (unpaired) electrons. The lowest BCUT2D eigenvalue weighted by atomic mass is 9.75. The summed E-state index contributed by atoms with van der Waals surface area (Å²) < 4.78 is 13.6. The Morgan fingerprint density at radius 1 is 0.464 bits per heavy atom. The molecule has 0 fully saturated rings. The van der Waals surface area contributed by atoms with Crippen molar-refractivity contribution in [1.82, 2.24) is 14.1 Å². The van der Waals surface area contributed by atoms with Crippen LogP contribution >= 0.6 is 0 Å². The summed E-state index contributed by atoms with van der Waals surface area (Å²) in [7, 11) is 0. The van der Waals surface area contributed by atoms with Gasteiger partial charge < -0.3 is 4.74 Å². The summed E-state index contributed by atoms with van der Waals surface area (Å²) in [5.41, 5.74) is 13.1. The van der Waals surface area contributed by atoms with Gasteiger partial charge in [0.15, 0.2) is 0 Å². The lowest BCUT2D eigenvalue weighted by Gasteiger charge is -2.30. The van der Waals surface area contributed by atoms with Crippen LogP contribution in [0.3, 0.4) is 0 Å². The lowest BCUT2D eigenvalue weighted by molar-refractivity contribution is -0.599. The first kappa shape index (κ1) is 45.3. The normalized spacial score (nSPS) is 12.5. The first-order valence-corrected chi connectivity index (χ1v) is 24.2. The molecule has 3 heterocycles. The Labute approximate surface area is 408 Å². The molecule has 0 aliphatic heterocycles. The van der Waals surface area contributed by atoms with Gasteiger partial charge >= 0.3 is 0 Å². The number of hydrogen-bond acceptors (Lipinski definition) is 2. The zero-order valence-corrected chi connectivity index (χ0v) is 41.7. The molecule has 0 saturated heterocycles. The highest BCUT2D eigenvalue weighted by Gasteiger charge is 2.31. The van der Waals surface area contributed by atoms with E-state index >= 15 is 0 Å². The lowest BCUT2D eigenvalue weighted by Crippen LogP contribution is -2.31. The minimum absolute atomic E-state index is 0.0402. The fourth-order valence-corrected chi connectivity index (χ4v) is 9.66. The molecule has 0 bridgehead atoms. The van der Waals surface area contributed by atoms with Gasteiger partial charge in [-0.2, -0.15) is 0 Å². The Hall–Kier alpha value is -7.50. The first-order chi connectivity index (χ1) is 32.9. The van der Waals surface area contributed by atoms with Gasteiger partial charge in [0.2, 0.25) is 0 Å². The number of benzene rings is 7. The zero-order chi connectivity index (χ0) is 48.3.